The van der Waals surface area contributed by atoms with Crippen molar-refractivity contribution in [1.29, 1.82) is 0 Å². The number of fused-ring (bicyclic) bond motifs is 1. The Kier molecular flexibility index (Phi) is 8.24. The number of aromatic nitrogens is 2. The summed E-state index contributed by atoms with van der Waals surface area (Å²) in [5.41, 5.74) is 10.1. The Morgan fingerprint density at radius 2 is 1.64 bits per heavy atom. The van der Waals surface area contributed by atoms with Crippen LogP contribution < -0.4 is 16.0 Å². The van der Waals surface area contributed by atoms with Gasteiger partial charge in [0.1, 0.15) is 11.6 Å². The number of anilines is 2. The second-order valence-electron chi connectivity index (χ2n) is 9.75. The molecule has 1 aromatic heterocycles. The number of benzene rings is 2. The van der Waals surface area contributed by atoms with Gasteiger partial charge in [-0.2, -0.15) is 0 Å². The van der Waals surface area contributed by atoms with E-state index in [0.717, 1.165) is 40.1 Å². The van der Waals surface area contributed by atoms with Crippen molar-refractivity contribution in [1.82, 2.24) is 15.3 Å². The number of nitrogens with zero attached hydrogens (tertiary/aromatic N) is 3. The Labute approximate surface area is 215 Å². The number of amides is 1. The van der Waals surface area contributed by atoms with E-state index in [-0.39, 0.29) is 5.91 Å². The molecule has 3 atom stereocenters. The van der Waals surface area contributed by atoms with Crippen LogP contribution in [0.3, 0.4) is 0 Å². The Bertz CT molecular complexity index is 1160. The van der Waals surface area contributed by atoms with Crippen LogP contribution in [-0.2, 0) is 6.54 Å². The van der Waals surface area contributed by atoms with E-state index in [9.17, 15) is 4.79 Å². The van der Waals surface area contributed by atoms with Gasteiger partial charge in [-0.3, -0.25) is 4.79 Å². The van der Waals surface area contributed by atoms with Gasteiger partial charge < -0.3 is 16.0 Å². The minimum Gasteiger partial charge on any atom is -0.399 e. The Morgan fingerprint density at radius 3 is 2.33 bits per heavy atom. The summed E-state index contributed by atoms with van der Waals surface area (Å²) < 4.78 is 0. The summed E-state index contributed by atoms with van der Waals surface area (Å²) >= 11 is 0. The summed E-state index contributed by atoms with van der Waals surface area (Å²) in [4.78, 5) is 24.7. The lowest BCUT2D eigenvalue weighted by atomic mass is 9.85. The standard InChI is InChI=1S/C28H33N5O.C2H6/c1-18-15-23-5-3-4-6-26(23)33(18)27-16-25(31-19(2)32-27)17-30-28(34)22-9-7-20(8-10-22)21-11-13-24(29)14-12-21;1-2/h7-14,16,18,23,26H,3-6,15,17,29H2,1-2H3,(H,30,34);1-2H3. The Hall–Kier alpha value is -3.41. The molecule has 1 aliphatic carbocycles. The van der Waals surface area contributed by atoms with Crippen LogP contribution in [0.15, 0.2) is 54.6 Å². The van der Waals surface area contributed by atoms with E-state index in [4.69, 9.17) is 10.7 Å². The number of nitrogen functional groups attached to an aromatic ring is 1. The fraction of sp³-hybridized carbons (Fsp3) is 0.433. The molecule has 3 N–H and O–H groups in total. The molecule has 0 bridgehead atoms. The number of hydrogen-bond donors (Lipinski definition) is 2. The van der Waals surface area contributed by atoms with Crippen molar-refractivity contribution in [3.63, 3.8) is 0 Å². The van der Waals surface area contributed by atoms with E-state index in [1.165, 1.54) is 32.1 Å². The molecular weight excluding hydrogens is 446 g/mol. The van der Waals surface area contributed by atoms with Gasteiger partial charge in [-0.05, 0) is 74.4 Å². The van der Waals surface area contributed by atoms with Crippen molar-refractivity contribution in [2.45, 2.75) is 78.4 Å². The number of nitrogens with two attached hydrogens (primary N) is 1. The summed E-state index contributed by atoms with van der Waals surface area (Å²) in [6.07, 6.45) is 6.47. The third kappa shape index (κ3) is 5.69. The largest absolute Gasteiger partial charge is 0.399 e. The smallest absolute Gasteiger partial charge is 0.251 e. The average Bonchev–Trinajstić information content (AvgIpc) is 3.24. The monoisotopic (exact) mass is 485 g/mol. The van der Waals surface area contributed by atoms with Crippen molar-refractivity contribution >= 4 is 17.4 Å². The molecule has 1 saturated heterocycles. The molecule has 0 spiro atoms. The highest BCUT2D eigenvalue weighted by molar-refractivity contribution is 5.94. The van der Waals surface area contributed by atoms with Crippen molar-refractivity contribution in [3.8, 4) is 11.1 Å². The third-order valence-corrected chi connectivity index (χ3v) is 7.31. The lowest BCUT2D eigenvalue weighted by molar-refractivity contribution is 0.0950. The molecular formula is C30H39N5O. The van der Waals surface area contributed by atoms with Gasteiger partial charge in [-0.15, -0.1) is 0 Å². The Morgan fingerprint density at radius 1 is 1.00 bits per heavy atom. The van der Waals surface area contributed by atoms with Crippen molar-refractivity contribution < 1.29 is 4.79 Å². The van der Waals surface area contributed by atoms with Crippen LogP contribution in [0.2, 0.25) is 0 Å². The quantitative estimate of drug-likeness (QED) is 0.424. The summed E-state index contributed by atoms with van der Waals surface area (Å²) in [6, 6.07) is 18.5. The SMILES string of the molecule is CC.Cc1nc(CNC(=O)c2ccc(-c3ccc(N)cc3)cc2)cc(N2C(C)CC3CCCCC32)n1. The van der Waals surface area contributed by atoms with Crippen molar-refractivity contribution in [2.75, 3.05) is 10.6 Å². The van der Waals surface area contributed by atoms with Crippen LogP contribution in [-0.4, -0.2) is 28.0 Å². The lowest BCUT2D eigenvalue weighted by Gasteiger charge is -2.34. The van der Waals surface area contributed by atoms with Crippen molar-refractivity contribution in [2.24, 2.45) is 5.92 Å². The van der Waals surface area contributed by atoms with Crippen molar-refractivity contribution in [3.05, 3.63) is 71.7 Å². The maximum Gasteiger partial charge on any atom is 0.251 e. The van der Waals surface area contributed by atoms with Gasteiger partial charge in [0, 0.05) is 29.4 Å². The zero-order chi connectivity index (χ0) is 25.7. The molecule has 2 fully saturated rings. The molecule has 3 unspecified atom stereocenters. The molecule has 3 aromatic rings. The minimum absolute atomic E-state index is 0.108. The molecule has 190 valence electrons. The van der Waals surface area contributed by atoms with Crippen LogP contribution in [0, 0.1) is 12.8 Å². The summed E-state index contributed by atoms with van der Waals surface area (Å²) in [6.45, 7) is 8.63. The maximum absolute atomic E-state index is 12.8. The van der Waals surface area contributed by atoms with Gasteiger partial charge in [0.25, 0.3) is 5.91 Å². The van der Waals surface area contributed by atoms with E-state index in [2.05, 4.69) is 28.2 Å². The summed E-state index contributed by atoms with van der Waals surface area (Å²) in [7, 11) is 0. The molecule has 36 heavy (non-hydrogen) atoms. The number of carbonyl (C=O) groups is 1. The first kappa shape index (κ1) is 25.7. The fourth-order valence-electron chi connectivity index (χ4n) is 5.70. The van der Waals surface area contributed by atoms with Crippen LogP contribution in [0.4, 0.5) is 11.5 Å². The highest BCUT2D eigenvalue weighted by Gasteiger charge is 2.40. The number of rotatable bonds is 5. The molecule has 0 radical (unpaired) electrons. The molecule has 6 heteroatoms. The topological polar surface area (TPSA) is 84.1 Å². The van der Waals surface area contributed by atoms with Gasteiger partial charge in [0.2, 0.25) is 0 Å². The lowest BCUT2D eigenvalue weighted by Crippen LogP contribution is -2.38. The second kappa shape index (κ2) is 11.5. The van der Waals surface area contributed by atoms with Crippen LogP contribution in [0.5, 0.6) is 0 Å². The van der Waals surface area contributed by atoms with Crippen LogP contribution in [0.25, 0.3) is 11.1 Å². The molecule has 1 aliphatic heterocycles. The van der Waals surface area contributed by atoms with Gasteiger partial charge >= 0.3 is 0 Å². The first-order valence-electron chi connectivity index (χ1n) is 13.3. The second-order valence-corrected chi connectivity index (χ2v) is 9.75. The number of nitrogens with one attached hydrogen (secondary N) is 1. The maximum atomic E-state index is 12.8. The van der Waals surface area contributed by atoms with E-state index in [1.807, 2.05) is 69.3 Å². The van der Waals surface area contributed by atoms with Crippen LogP contribution in [0.1, 0.15) is 74.8 Å². The van der Waals surface area contributed by atoms with Gasteiger partial charge in [0.15, 0.2) is 0 Å². The van der Waals surface area contributed by atoms with E-state index < -0.39 is 0 Å². The number of carbonyl (C=O) groups excluding carboxylic acids is 1. The summed E-state index contributed by atoms with van der Waals surface area (Å²) in [5.74, 6) is 2.43. The molecule has 1 saturated carbocycles. The minimum atomic E-state index is -0.108. The van der Waals surface area contributed by atoms with Gasteiger partial charge in [-0.1, -0.05) is 51.0 Å². The predicted molar refractivity (Wildman–Crippen MR) is 148 cm³/mol. The average molecular weight is 486 g/mol. The highest BCUT2D eigenvalue weighted by Crippen LogP contribution is 2.41. The first-order valence-corrected chi connectivity index (χ1v) is 13.3. The van der Waals surface area contributed by atoms with Gasteiger partial charge in [0.05, 0.1) is 12.2 Å². The van der Waals surface area contributed by atoms with E-state index in [0.29, 0.717) is 24.2 Å². The normalized spacial score (nSPS) is 20.8. The van der Waals surface area contributed by atoms with E-state index in [1.54, 1.807) is 0 Å². The highest BCUT2D eigenvalue weighted by atomic mass is 16.1. The van der Waals surface area contributed by atoms with Crippen LogP contribution >= 0.6 is 0 Å². The molecule has 5 rings (SSSR count). The molecule has 1 amide bonds. The molecule has 2 heterocycles. The van der Waals surface area contributed by atoms with E-state index >= 15 is 0 Å². The predicted octanol–water partition coefficient (Wildman–Crippen LogP) is 6.15. The first-order chi connectivity index (χ1) is 17.5. The number of hydrogen-bond acceptors (Lipinski definition) is 5. The zero-order valence-electron chi connectivity index (χ0n) is 22.0. The molecule has 2 aliphatic rings. The zero-order valence-corrected chi connectivity index (χ0v) is 22.0. The number of aryl methyl sites for hydroxylation is 1. The molecule has 2 aromatic carbocycles. The fourth-order valence-corrected chi connectivity index (χ4v) is 5.70. The van der Waals surface area contributed by atoms with Gasteiger partial charge in [-0.25, -0.2) is 9.97 Å². The third-order valence-electron chi connectivity index (χ3n) is 7.31. The molecule has 6 nitrogen and oxygen atoms in total. The summed E-state index contributed by atoms with van der Waals surface area (Å²) in [5, 5.41) is 3.03. The Balaban J connectivity index is 0.00000148.